The number of halogens is 3. The molecule has 0 aliphatic heterocycles. The first-order chi connectivity index (χ1) is 7.51. The van der Waals surface area contributed by atoms with Crippen molar-refractivity contribution in [2.75, 3.05) is 7.11 Å². The number of ether oxygens (including phenoxy) is 1. The molecule has 0 saturated carbocycles. The molecule has 1 aromatic heterocycles. The van der Waals surface area contributed by atoms with E-state index in [1.54, 1.807) is 0 Å². The number of hydrogen-bond donors (Lipinski definition) is 0. The molecule has 0 radical (unpaired) electrons. The summed E-state index contributed by atoms with van der Waals surface area (Å²) >= 11 is 5.60. The molecule has 16 heavy (non-hydrogen) atoms. The van der Waals surface area contributed by atoms with Crippen LogP contribution in [0.5, 0.6) is 0 Å². The number of methoxy groups -OCH3 is 1. The zero-order chi connectivity index (χ0) is 12.3. The summed E-state index contributed by atoms with van der Waals surface area (Å²) in [5.41, 5.74) is 0.263. The van der Waals surface area contributed by atoms with Crippen LogP contribution in [0.1, 0.15) is 33.7 Å². The first-order valence-corrected chi connectivity index (χ1v) is 4.97. The van der Waals surface area contributed by atoms with Crippen LogP contribution in [-0.2, 0) is 10.6 Å². The normalized spacial score (nSPS) is 10.6. The third kappa shape index (κ3) is 2.47. The standard InChI is InChI=1S/C10H10ClF2NO2/c1-5-8(10(15)16-2)6(4-11)3-7(14-5)9(12)13/h3,9H,4H2,1-2H3. The van der Waals surface area contributed by atoms with E-state index in [-0.39, 0.29) is 22.8 Å². The van der Waals surface area contributed by atoms with E-state index < -0.39 is 12.4 Å². The smallest absolute Gasteiger partial charge is 0.340 e. The Kier molecular flexibility index (Phi) is 4.18. The minimum Gasteiger partial charge on any atom is -0.465 e. The van der Waals surface area contributed by atoms with E-state index in [0.717, 1.165) is 6.07 Å². The van der Waals surface area contributed by atoms with Gasteiger partial charge in [0.05, 0.1) is 18.4 Å². The molecular formula is C10H10ClF2NO2. The van der Waals surface area contributed by atoms with E-state index in [1.165, 1.54) is 14.0 Å². The quantitative estimate of drug-likeness (QED) is 0.611. The van der Waals surface area contributed by atoms with Gasteiger partial charge in [0.15, 0.2) is 0 Å². The van der Waals surface area contributed by atoms with Gasteiger partial charge in [-0.3, -0.25) is 4.98 Å². The summed E-state index contributed by atoms with van der Waals surface area (Å²) in [4.78, 5) is 15.0. The van der Waals surface area contributed by atoms with Crippen molar-refractivity contribution in [2.45, 2.75) is 19.2 Å². The monoisotopic (exact) mass is 249 g/mol. The third-order valence-corrected chi connectivity index (χ3v) is 2.35. The largest absolute Gasteiger partial charge is 0.465 e. The topological polar surface area (TPSA) is 39.2 Å². The molecule has 1 aromatic rings. The predicted octanol–water partition coefficient (Wildman–Crippen LogP) is 2.85. The Bertz CT molecular complexity index is 410. The van der Waals surface area contributed by atoms with Gasteiger partial charge < -0.3 is 4.74 Å². The summed E-state index contributed by atoms with van der Waals surface area (Å²) in [5, 5.41) is 0. The van der Waals surface area contributed by atoms with Crippen LogP contribution < -0.4 is 0 Å². The molecule has 0 unspecified atom stereocenters. The van der Waals surface area contributed by atoms with Crippen molar-refractivity contribution in [3.63, 3.8) is 0 Å². The van der Waals surface area contributed by atoms with Crippen molar-refractivity contribution in [1.29, 1.82) is 0 Å². The van der Waals surface area contributed by atoms with Crippen LogP contribution in [0.2, 0.25) is 0 Å². The van der Waals surface area contributed by atoms with Crippen LogP contribution in [0.25, 0.3) is 0 Å². The summed E-state index contributed by atoms with van der Waals surface area (Å²) in [6, 6.07) is 1.12. The Labute approximate surface area is 96.4 Å². The molecule has 0 fully saturated rings. The lowest BCUT2D eigenvalue weighted by Crippen LogP contribution is -2.10. The molecule has 0 atom stereocenters. The number of aromatic nitrogens is 1. The average molecular weight is 250 g/mol. The number of rotatable bonds is 3. The number of carbonyl (C=O) groups is 1. The Morgan fingerprint density at radius 3 is 2.69 bits per heavy atom. The fraction of sp³-hybridized carbons (Fsp3) is 0.400. The predicted molar refractivity (Wildman–Crippen MR) is 54.8 cm³/mol. The van der Waals surface area contributed by atoms with E-state index in [0.29, 0.717) is 5.56 Å². The van der Waals surface area contributed by atoms with Crippen molar-refractivity contribution in [3.05, 3.63) is 28.6 Å². The van der Waals surface area contributed by atoms with Crippen LogP contribution in [0.4, 0.5) is 8.78 Å². The number of pyridine rings is 1. The molecule has 0 aliphatic rings. The molecule has 88 valence electrons. The second-order valence-corrected chi connectivity index (χ2v) is 3.36. The number of carbonyl (C=O) groups excluding carboxylic acids is 1. The van der Waals surface area contributed by atoms with Crippen molar-refractivity contribution < 1.29 is 18.3 Å². The van der Waals surface area contributed by atoms with Crippen molar-refractivity contribution in [1.82, 2.24) is 4.98 Å². The maximum Gasteiger partial charge on any atom is 0.340 e. The molecule has 0 amide bonds. The minimum atomic E-state index is -2.69. The maximum atomic E-state index is 12.5. The maximum absolute atomic E-state index is 12.5. The van der Waals surface area contributed by atoms with Gasteiger partial charge in [-0.15, -0.1) is 11.6 Å². The molecule has 3 nitrogen and oxygen atoms in total. The number of aryl methyl sites for hydroxylation is 1. The molecular weight excluding hydrogens is 240 g/mol. The summed E-state index contributed by atoms with van der Waals surface area (Å²) in [6.07, 6.45) is -2.69. The van der Waals surface area contributed by atoms with Gasteiger partial charge in [0.1, 0.15) is 5.69 Å². The SMILES string of the molecule is COC(=O)c1c(CCl)cc(C(F)F)nc1C. The van der Waals surface area contributed by atoms with E-state index >= 15 is 0 Å². The van der Waals surface area contributed by atoms with E-state index in [1.807, 2.05) is 0 Å². The van der Waals surface area contributed by atoms with E-state index in [4.69, 9.17) is 11.6 Å². The second-order valence-electron chi connectivity index (χ2n) is 3.09. The molecule has 0 saturated heterocycles. The molecule has 0 N–H and O–H groups in total. The number of nitrogens with zero attached hydrogens (tertiary/aromatic N) is 1. The fourth-order valence-corrected chi connectivity index (χ4v) is 1.57. The van der Waals surface area contributed by atoms with Gasteiger partial charge in [-0.1, -0.05) is 0 Å². The lowest BCUT2D eigenvalue weighted by Gasteiger charge is -2.10. The van der Waals surface area contributed by atoms with Crippen molar-refractivity contribution in [3.8, 4) is 0 Å². The summed E-state index contributed by atoms with van der Waals surface area (Å²) in [6.45, 7) is 1.47. The summed E-state index contributed by atoms with van der Waals surface area (Å²) in [7, 11) is 1.21. The molecule has 0 aromatic carbocycles. The van der Waals surface area contributed by atoms with Gasteiger partial charge in [0, 0.05) is 5.88 Å². The number of alkyl halides is 3. The molecule has 0 bridgehead atoms. The highest BCUT2D eigenvalue weighted by atomic mass is 35.5. The van der Waals surface area contributed by atoms with E-state index in [9.17, 15) is 13.6 Å². The van der Waals surface area contributed by atoms with Crippen LogP contribution >= 0.6 is 11.6 Å². The average Bonchev–Trinajstić information content (AvgIpc) is 2.26. The number of esters is 1. The Balaban J connectivity index is 3.34. The van der Waals surface area contributed by atoms with Gasteiger partial charge in [-0.25, -0.2) is 13.6 Å². The lowest BCUT2D eigenvalue weighted by atomic mass is 10.1. The van der Waals surface area contributed by atoms with Crippen LogP contribution in [-0.4, -0.2) is 18.1 Å². The van der Waals surface area contributed by atoms with Gasteiger partial charge in [0.2, 0.25) is 0 Å². The first-order valence-electron chi connectivity index (χ1n) is 4.44. The van der Waals surface area contributed by atoms with Crippen LogP contribution in [0.15, 0.2) is 6.07 Å². The zero-order valence-corrected chi connectivity index (χ0v) is 9.52. The Morgan fingerprint density at radius 1 is 1.62 bits per heavy atom. The van der Waals surface area contributed by atoms with Crippen molar-refractivity contribution in [2.24, 2.45) is 0 Å². The van der Waals surface area contributed by atoms with Crippen LogP contribution in [0.3, 0.4) is 0 Å². The highest BCUT2D eigenvalue weighted by molar-refractivity contribution is 6.17. The van der Waals surface area contributed by atoms with Gasteiger partial charge >= 0.3 is 5.97 Å². The zero-order valence-electron chi connectivity index (χ0n) is 8.76. The van der Waals surface area contributed by atoms with Gasteiger partial charge in [-0.2, -0.15) is 0 Å². The first kappa shape index (κ1) is 12.8. The number of hydrogen-bond acceptors (Lipinski definition) is 3. The van der Waals surface area contributed by atoms with Crippen molar-refractivity contribution >= 4 is 17.6 Å². The molecule has 0 aliphatic carbocycles. The molecule has 1 heterocycles. The third-order valence-electron chi connectivity index (χ3n) is 2.06. The molecule has 6 heteroatoms. The highest BCUT2D eigenvalue weighted by Gasteiger charge is 2.19. The fourth-order valence-electron chi connectivity index (χ4n) is 1.36. The minimum absolute atomic E-state index is 0.0481. The van der Waals surface area contributed by atoms with Gasteiger partial charge in [0.25, 0.3) is 6.43 Å². The van der Waals surface area contributed by atoms with Gasteiger partial charge in [-0.05, 0) is 18.6 Å². The Morgan fingerprint density at radius 2 is 2.25 bits per heavy atom. The molecule has 0 spiro atoms. The molecule has 1 rings (SSSR count). The Hall–Kier alpha value is -1.23. The lowest BCUT2D eigenvalue weighted by molar-refractivity contribution is 0.0597. The van der Waals surface area contributed by atoms with E-state index in [2.05, 4.69) is 9.72 Å². The van der Waals surface area contributed by atoms with Crippen LogP contribution in [0, 0.1) is 6.92 Å². The second kappa shape index (κ2) is 5.21. The summed E-state index contributed by atoms with van der Waals surface area (Å²) in [5.74, 6) is -0.672. The highest BCUT2D eigenvalue weighted by Crippen LogP contribution is 2.23. The summed E-state index contributed by atoms with van der Waals surface area (Å²) < 4.78 is 29.4.